The molecule has 0 aromatic heterocycles. The fourth-order valence-electron chi connectivity index (χ4n) is 4.17. The minimum Gasteiger partial charge on any atom is -0.550 e. The number of carboxylic acids is 1. The van der Waals surface area contributed by atoms with E-state index in [9.17, 15) is 9.90 Å². The van der Waals surface area contributed by atoms with E-state index in [1.165, 1.54) is 44.1 Å². The summed E-state index contributed by atoms with van der Waals surface area (Å²) in [5.74, 6) is 5.13. The van der Waals surface area contributed by atoms with Gasteiger partial charge in [0.2, 0.25) is 0 Å². The average molecular weight is 360 g/mol. The molecule has 3 nitrogen and oxygen atoms in total. The number of aliphatic carboxylic acids is 1. The topological polar surface area (TPSA) is 49.4 Å². The molecule has 2 aliphatic carbocycles. The number of hydrogen-bond acceptors (Lipinski definition) is 3. The third-order valence-corrected chi connectivity index (χ3v) is 5.49. The first kappa shape index (κ1) is 21.1. The Labute approximate surface area is 178 Å². The van der Waals surface area contributed by atoms with Gasteiger partial charge in [-0.2, -0.15) is 0 Å². The second kappa shape index (κ2) is 9.65. The van der Waals surface area contributed by atoms with E-state index < -0.39 is 5.97 Å². The fourth-order valence-corrected chi connectivity index (χ4v) is 4.17. The van der Waals surface area contributed by atoms with Crippen LogP contribution in [0.5, 0.6) is 5.75 Å². The maximum absolute atomic E-state index is 10.9. The van der Waals surface area contributed by atoms with Gasteiger partial charge in [0.05, 0.1) is 5.92 Å². The Morgan fingerprint density at radius 2 is 1.96 bits per heavy atom. The molecule has 0 aliphatic heterocycles. The van der Waals surface area contributed by atoms with Gasteiger partial charge in [0, 0.05) is 12.4 Å². The summed E-state index contributed by atoms with van der Waals surface area (Å²) in [5.41, 5.74) is 2.84. The van der Waals surface area contributed by atoms with Crippen molar-refractivity contribution in [1.29, 1.82) is 0 Å². The minimum atomic E-state index is -1.08. The number of carbonyl (C=O) groups is 1. The van der Waals surface area contributed by atoms with Gasteiger partial charge in [0.25, 0.3) is 0 Å². The summed E-state index contributed by atoms with van der Waals surface area (Å²) in [6.07, 6.45) is 10.1. The molecule has 1 aromatic carbocycles. The molecule has 3 rings (SSSR count). The molecule has 0 saturated heterocycles. The van der Waals surface area contributed by atoms with Crippen molar-refractivity contribution in [2.24, 2.45) is 5.41 Å². The Hall–Kier alpha value is -1.21. The molecule has 1 saturated carbocycles. The maximum Gasteiger partial charge on any atom is 1.00 e. The Kier molecular flexibility index (Phi) is 7.83. The van der Waals surface area contributed by atoms with E-state index in [2.05, 4.69) is 17.9 Å². The van der Waals surface area contributed by atoms with Crippen LogP contribution in [0.3, 0.4) is 0 Å². The molecule has 0 heterocycles. The Balaban J connectivity index is 0.00000243. The predicted molar refractivity (Wildman–Crippen MR) is 96.0 cm³/mol. The van der Waals surface area contributed by atoms with Crippen LogP contribution in [0.15, 0.2) is 35.9 Å². The first-order valence-electron chi connectivity index (χ1n) is 9.13. The van der Waals surface area contributed by atoms with E-state index in [-0.39, 0.29) is 41.9 Å². The van der Waals surface area contributed by atoms with Gasteiger partial charge < -0.3 is 14.6 Å². The first-order chi connectivity index (χ1) is 12.1. The van der Waals surface area contributed by atoms with Crippen molar-refractivity contribution in [3.8, 4) is 17.6 Å². The molecule has 2 aliphatic rings. The van der Waals surface area contributed by atoms with Gasteiger partial charge >= 0.3 is 29.6 Å². The zero-order valence-electron chi connectivity index (χ0n) is 15.8. The molecule has 1 atom stereocenters. The van der Waals surface area contributed by atoms with E-state index in [0.717, 1.165) is 11.3 Å². The Morgan fingerprint density at radius 3 is 2.58 bits per heavy atom. The molecule has 132 valence electrons. The molecule has 0 bridgehead atoms. The molecule has 0 radical (unpaired) electrons. The molecule has 1 fully saturated rings. The summed E-state index contributed by atoms with van der Waals surface area (Å²) in [5, 5.41) is 10.9. The van der Waals surface area contributed by atoms with Gasteiger partial charge in [0.15, 0.2) is 0 Å². The zero-order chi connectivity index (χ0) is 17.7. The van der Waals surface area contributed by atoms with Crippen LogP contribution in [0.4, 0.5) is 0 Å². The molecule has 4 heteroatoms. The second-order valence-corrected chi connectivity index (χ2v) is 7.33. The molecule has 1 spiro atoms. The van der Waals surface area contributed by atoms with Crippen LogP contribution < -0.4 is 39.4 Å². The van der Waals surface area contributed by atoms with E-state index >= 15 is 0 Å². The number of carboxylic acid groups (broad SMARTS) is 1. The number of hydrogen-bond donors (Lipinski definition) is 0. The standard InChI is InChI=1S/C22H26O3.Na/c1-2-5-19(14-21(23)24)18-6-8-20(9-7-18)25-16-17-10-13-22(15-17)11-3-4-12-22;/h6-10,19H,3-4,11-16H2,1H3,(H,23,24);/q;+1/p-1/t19-;/m0./s1. The monoisotopic (exact) mass is 360 g/mol. The summed E-state index contributed by atoms with van der Waals surface area (Å²) < 4.78 is 5.94. The van der Waals surface area contributed by atoms with Gasteiger partial charge in [-0.05, 0) is 61.3 Å². The molecular weight excluding hydrogens is 335 g/mol. The minimum absolute atomic E-state index is 0. The Bertz CT molecular complexity index is 703. The van der Waals surface area contributed by atoms with Crippen molar-refractivity contribution in [2.75, 3.05) is 6.61 Å². The maximum atomic E-state index is 10.9. The molecule has 0 amide bonds. The largest absolute Gasteiger partial charge is 1.00 e. The van der Waals surface area contributed by atoms with Gasteiger partial charge in [-0.25, -0.2) is 0 Å². The van der Waals surface area contributed by atoms with Crippen LogP contribution in [-0.2, 0) is 4.79 Å². The molecule has 26 heavy (non-hydrogen) atoms. The zero-order valence-corrected chi connectivity index (χ0v) is 17.8. The van der Waals surface area contributed by atoms with E-state index in [1.807, 2.05) is 24.3 Å². The normalized spacial score (nSPS) is 18.4. The molecule has 0 N–H and O–H groups in total. The number of benzene rings is 1. The molecule has 0 unspecified atom stereocenters. The summed E-state index contributed by atoms with van der Waals surface area (Å²) in [7, 11) is 0. The van der Waals surface area contributed by atoms with Crippen molar-refractivity contribution >= 4 is 5.97 Å². The van der Waals surface area contributed by atoms with Crippen LogP contribution in [-0.4, -0.2) is 12.6 Å². The Morgan fingerprint density at radius 1 is 1.27 bits per heavy atom. The van der Waals surface area contributed by atoms with Crippen molar-refractivity contribution in [2.45, 2.75) is 57.8 Å². The summed E-state index contributed by atoms with van der Waals surface area (Å²) in [6, 6.07) is 7.59. The summed E-state index contributed by atoms with van der Waals surface area (Å²) >= 11 is 0. The van der Waals surface area contributed by atoms with Crippen LogP contribution >= 0.6 is 0 Å². The third-order valence-electron chi connectivity index (χ3n) is 5.49. The second-order valence-electron chi connectivity index (χ2n) is 7.33. The molecule has 1 aromatic rings. The van der Waals surface area contributed by atoms with Crippen molar-refractivity contribution in [1.82, 2.24) is 0 Å². The number of ether oxygens (including phenoxy) is 1. The quantitative estimate of drug-likeness (QED) is 0.424. The third kappa shape index (κ3) is 5.39. The van der Waals surface area contributed by atoms with Crippen molar-refractivity contribution in [3.63, 3.8) is 0 Å². The fraction of sp³-hybridized carbons (Fsp3) is 0.500. The SMILES string of the molecule is CC#C[C@@H](CC(=O)[O-])c1ccc(OCC2=CCC3(CCCC3)C2)cc1.[Na+]. The summed E-state index contributed by atoms with van der Waals surface area (Å²) in [6.45, 7) is 2.37. The van der Waals surface area contributed by atoms with Gasteiger partial charge in [-0.3, -0.25) is 0 Å². The van der Waals surface area contributed by atoms with Crippen LogP contribution in [0.1, 0.15) is 63.4 Å². The van der Waals surface area contributed by atoms with Gasteiger partial charge in [-0.1, -0.05) is 37.0 Å². The van der Waals surface area contributed by atoms with Gasteiger partial charge in [-0.15, -0.1) is 5.92 Å². The number of rotatable bonds is 6. The number of allylic oxidation sites excluding steroid dienone is 1. The average Bonchev–Trinajstić information content (AvgIpc) is 3.23. The van der Waals surface area contributed by atoms with Crippen molar-refractivity contribution < 1.29 is 44.2 Å². The van der Waals surface area contributed by atoms with E-state index in [4.69, 9.17) is 4.74 Å². The van der Waals surface area contributed by atoms with Crippen LogP contribution in [0.25, 0.3) is 0 Å². The van der Waals surface area contributed by atoms with Crippen LogP contribution in [0.2, 0.25) is 0 Å². The van der Waals surface area contributed by atoms with Crippen LogP contribution in [0, 0.1) is 17.3 Å². The smallest absolute Gasteiger partial charge is 0.550 e. The van der Waals surface area contributed by atoms with E-state index in [1.54, 1.807) is 6.92 Å². The van der Waals surface area contributed by atoms with Crippen molar-refractivity contribution in [3.05, 3.63) is 41.5 Å². The summed E-state index contributed by atoms with van der Waals surface area (Å²) in [4.78, 5) is 10.9. The van der Waals surface area contributed by atoms with E-state index in [0.29, 0.717) is 12.0 Å². The number of carbonyl (C=O) groups excluding carboxylic acids is 1. The molecular formula is C22H25NaO3. The van der Waals surface area contributed by atoms with Gasteiger partial charge in [0.1, 0.15) is 12.4 Å². The predicted octanol–water partition coefficient (Wildman–Crippen LogP) is 0.597. The first-order valence-corrected chi connectivity index (χ1v) is 9.13.